The van der Waals surface area contributed by atoms with Crippen LogP contribution < -0.4 is 10.1 Å². The molecule has 0 aliphatic rings. The van der Waals surface area contributed by atoms with E-state index < -0.39 is 18.1 Å². The second-order valence-electron chi connectivity index (χ2n) is 5.17. The molecule has 0 heterocycles. The molecule has 0 radical (unpaired) electrons. The summed E-state index contributed by atoms with van der Waals surface area (Å²) < 4.78 is 40.5. The van der Waals surface area contributed by atoms with Gasteiger partial charge in [0.25, 0.3) is 0 Å². The molecule has 25 heavy (non-hydrogen) atoms. The van der Waals surface area contributed by atoms with Crippen LogP contribution in [0.25, 0.3) is 0 Å². The number of ether oxygens (including phenoxy) is 1. The Morgan fingerprint density at radius 2 is 1.96 bits per heavy atom. The largest absolute Gasteiger partial charge is 0.573 e. The van der Waals surface area contributed by atoms with Crippen LogP contribution in [0.3, 0.4) is 0 Å². The molecule has 0 saturated heterocycles. The minimum absolute atomic E-state index is 0.171. The molecule has 0 aromatic heterocycles. The molecule has 0 fully saturated rings. The molecular formula is C17H14F3N3O2. The van der Waals surface area contributed by atoms with Crippen LogP contribution in [0.2, 0.25) is 0 Å². The van der Waals surface area contributed by atoms with E-state index in [1.807, 2.05) is 6.07 Å². The molecule has 130 valence electrons. The molecule has 2 aromatic carbocycles. The molecule has 5 nitrogen and oxygen atoms in total. The van der Waals surface area contributed by atoms with Crippen LogP contribution in [0.15, 0.2) is 48.5 Å². The van der Waals surface area contributed by atoms with Crippen molar-refractivity contribution in [2.24, 2.45) is 0 Å². The number of carbonyl (C=O) groups is 1. The lowest BCUT2D eigenvalue weighted by molar-refractivity contribution is -0.274. The zero-order valence-corrected chi connectivity index (χ0v) is 13.2. The fraction of sp³-hybridized carbons (Fsp3) is 0.176. The maximum Gasteiger partial charge on any atom is 0.573 e. The number of urea groups is 1. The van der Waals surface area contributed by atoms with Gasteiger partial charge in [0, 0.05) is 25.3 Å². The van der Waals surface area contributed by atoms with Gasteiger partial charge in [-0.15, -0.1) is 13.2 Å². The van der Waals surface area contributed by atoms with Crippen molar-refractivity contribution < 1.29 is 22.7 Å². The second-order valence-corrected chi connectivity index (χ2v) is 5.17. The third-order valence-electron chi connectivity index (χ3n) is 3.14. The van der Waals surface area contributed by atoms with Crippen LogP contribution in [0, 0.1) is 11.3 Å². The van der Waals surface area contributed by atoms with Gasteiger partial charge < -0.3 is 15.0 Å². The lowest BCUT2D eigenvalue weighted by atomic mass is 10.1. The SMILES string of the molecule is CN(Cc1cccc(C#N)c1)C(=O)Nc1cccc(OC(F)(F)F)c1. The number of amides is 2. The Hall–Kier alpha value is -3.21. The Morgan fingerprint density at radius 3 is 2.64 bits per heavy atom. The first-order valence-corrected chi connectivity index (χ1v) is 7.14. The average molecular weight is 349 g/mol. The number of nitrogens with zero attached hydrogens (tertiary/aromatic N) is 2. The monoisotopic (exact) mass is 349 g/mol. The molecule has 8 heteroatoms. The molecule has 2 aromatic rings. The Morgan fingerprint density at radius 1 is 1.24 bits per heavy atom. The fourth-order valence-corrected chi connectivity index (χ4v) is 2.07. The number of anilines is 1. The van der Waals surface area contributed by atoms with E-state index in [9.17, 15) is 18.0 Å². The molecular weight excluding hydrogens is 335 g/mol. The molecule has 0 aliphatic carbocycles. The predicted octanol–water partition coefficient (Wildman–Crippen LogP) is 4.12. The summed E-state index contributed by atoms with van der Waals surface area (Å²) in [5.74, 6) is -0.422. The van der Waals surface area contributed by atoms with Crippen molar-refractivity contribution in [1.29, 1.82) is 5.26 Å². The highest BCUT2D eigenvalue weighted by Crippen LogP contribution is 2.25. The van der Waals surface area contributed by atoms with Gasteiger partial charge in [-0.3, -0.25) is 0 Å². The standard InChI is InChI=1S/C17H14F3N3O2/c1-23(11-13-5-2-4-12(8-13)10-21)16(24)22-14-6-3-7-15(9-14)25-17(18,19)20/h2-9H,11H2,1H3,(H,22,24). The summed E-state index contributed by atoms with van der Waals surface area (Å²) in [6.45, 7) is 0.236. The number of hydrogen-bond donors (Lipinski definition) is 1. The minimum Gasteiger partial charge on any atom is -0.406 e. The summed E-state index contributed by atoms with van der Waals surface area (Å²) in [6, 6.07) is 13.3. The van der Waals surface area contributed by atoms with Crippen LogP contribution in [-0.2, 0) is 6.54 Å². The Balaban J connectivity index is 2.01. The lowest BCUT2D eigenvalue weighted by Gasteiger charge is -2.18. The minimum atomic E-state index is -4.80. The second kappa shape index (κ2) is 7.57. The highest BCUT2D eigenvalue weighted by atomic mass is 19.4. The number of halogens is 3. The normalized spacial score (nSPS) is 10.7. The van der Waals surface area contributed by atoms with Gasteiger partial charge >= 0.3 is 12.4 Å². The van der Waals surface area contributed by atoms with E-state index in [0.29, 0.717) is 5.56 Å². The van der Waals surface area contributed by atoms with E-state index in [1.165, 1.54) is 24.1 Å². The third kappa shape index (κ3) is 5.73. The van der Waals surface area contributed by atoms with E-state index in [-0.39, 0.29) is 12.2 Å². The van der Waals surface area contributed by atoms with Crippen LogP contribution in [0.1, 0.15) is 11.1 Å². The average Bonchev–Trinajstić information content (AvgIpc) is 2.53. The van der Waals surface area contributed by atoms with Crippen molar-refractivity contribution in [3.8, 4) is 11.8 Å². The first kappa shape index (κ1) is 18.1. The molecule has 0 bridgehead atoms. The summed E-state index contributed by atoms with van der Waals surface area (Å²) in [7, 11) is 1.53. The van der Waals surface area contributed by atoms with Crippen LogP contribution in [0.5, 0.6) is 5.75 Å². The lowest BCUT2D eigenvalue weighted by Crippen LogP contribution is -2.30. The summed E-state index contributed by atoms with van der Waals surface area (Å²) in [5.41, 5.74) is 1.40. The Labute approximate surface area is 142 Å². The maximum absolute atomic E-state index is 12.2. The number of nitriles is 1. The van der Waals surface area contributed by atoms with Crippen LogP contribution in [0.4, 0.5) is 23.7 Å². The highest BCUT2D eigenvalue weighted by Gasteiger charge is 2.31. The summed E-state index contributed by atoms with van der Waals surface area (Å²) in [6.07, 6.45) is -4.80. The number of hydrogen-bond acceptors (Lipinski definition) is 3. The van der Waals surface area contributed by atoms with Crippen molar-refractivity contribution in [1.82, 2.24) is 4.90 Å². The molecule has 0 saturated carbocycles. The van der Waals surface area contributed by atoms with Crippen molar-refractivity contribution in [3.05, 3.63) is 59.7 Å². The van der Waals surface area contributed by atoms with E-state index in [0.717, 1.165) is 17.7 Å². The molecule has 0 spiro atoms. The smallest absolute Gasteiger partial charge is 0.406 e. The maximum atomic E-state index is 12.2. The molecule has 0 unspecified atom stereocenters. The Bertz CT molecular complexity index is 800. The molecule has 2 rings (SSSR count). The highest BCUT2D eigenvalue weighted by molar-refractivity contribution is 5.89. The van der Waals surface area contributed by atoms with Gasteiger partial charge in [-0.25, -0.2) is 4.79 Å². The van der Waals surface area contributed by atoms with E-state index in [2.05, 4.69) is 10.1 Å². The van der Waals surface area contributed by atoms with Gasteiger partial charge in [-0.1, -0.05) is 18.2 Å². The first-order valence-electron chi connectivity index (χ1n) is 7.14. The zero-order valence-electron chi connectivity index (χ0n) is 13.2. The van der Waals surface area contributed by atoms with Gasteiger partial charge in [-0.05, 0) is 29.8 Å². The van der Waals surface area contributed by atoms with Crippen LogP contribution in [-0.4, -0.2) is 24.3 Å². The van der Waals surface area contributed by atoms with E-state index in [1.54, 1.807) is 24.3 Å². The quantitative estimate of drug-likeness (QED) is 0.903. The number of benzene rings is 2. The van der Waals surface area contributed by atoms with Gasteiger partial charge in [0.05, 0.1) is 11.6 Å². The number of carbonyl (C=O) groups excluding carboxylic acids is 1. The molecule has 1 N–H and O–H groups in total. The van der Waals surface area contributed by atoms with Crippen molar-refractivity contribution >= 4 is 11.7 Å². The predicted molar refractivity (Wildman–Crippen MR) is 84.8 cm³/mol. The van der Waals surface area contributed by atoms with Gasteiger partial charge in [0.15, 0.2) is 0 Å². The number of alkyl halides is 3. The van der Waals surface area contributed by atoms with Crippen molar-refractivity contribution in [2.45, 2.75) is 12.9 Å². The Kier molecular flexibility index (Phi) is 5.49. The van der Waals surface area contributed by atoms with Crippen LogP contribution >= 0.6 is 0 Å². The number of rotatable bonds is 4. The molecule has 0 atom stereocenters. The van der Waals surface area contributed by atoms with Gasteiger partial charge in [0.1, 0.15) is 5.75 Å². The fourth-order valence-electron chi connectivity index (χ4n) is 2.07. The van der Waals surface area contributed by atoms with E-state index in [4.69, 9.17) is 5.26 Å². The molecule has 2 amide bonds. The summed E-state index contributed by atoms with van der Waals surface area (Å²) in [5, 5.41) is 11.4. The van der Waals surface area contributed by atoms with E-state index >= 15 is 0 Å². The van der Waals surface area contributed by atoms with Gasteiger partial charge in [0.2, 0.25) is 0 Å². The first-order chi connectivity index (χ1) is 11.8. The molecule has 0 aliphatic heterocycles. The summed E-state index contributed by atoms with van der Waals surface area (Å²) in [4.78, 5) is 13.5. The van der Waals surface area contributed by atoms with Crippen molar-refractivity contribution in [3.63, 3.8) is 0 Å². The number of nitrogens with one attached hydrogen (secondary N) is 1. The zero-order chi connectivity index (χ0) is 18.4. The van der Waals surface area contributed by atoms with Gasteiger partial charge in [-0.2, -0.15) is 5.26 Å². The summed E-state index contributed by atoms with van der Waals surface area (Å²) >= 11 is 0. The van der Waals surface area contributed by atoms with Crippen molar-refractivity contribution in [2.75, 3.05) is 12.4 Å². The third-order valence-corrected chi connectivity index (χ3v) is 3.14. The topological polar surface area (TPSA) is 65.4 Å².